The van der Waals surface area contributed by atoms with Crippen LogP contribution in [0, 0.1) is 5.92 Å². The van der Waals surface area contributed by atoms with Gasteiger partial charge in [-0.05, 0) is 25.7 Å². The lowest BCUT2D eigenvalue weighted by Crippen LogP contribution is -2.25. The fourth-order valence-electron chi connectivity index (χ4n) is 1.29. The predicted molar refractivity (Wildman–Crippen MR) is 88.5 cm³/mol. The first-order valence-electron chi connectivity index (χ1n) is 7.22. The second-order valence-electron chi connectivity index (χ2n) is 4.84. The third-order valence-electron chi connectivity index (χ3n) is 2.34. The van der Waals surface area contributed by atoms with Crippen LogP contribution >= 0.6 is 0 Å². The molecule has 0 fully saturated rings. The molecule has 2 heteroatoms. The van der Waals surface area contributed by atoms with E-state index in [1.165, 1.54) is 0 Å². The molecule has 1 N–H and O–H groups in total. The van der Waals surface area contributed by atoms with Gasteiger partial charge in [-0.2, -0.15) is 0 Å². The van der Waals surface area contributed by atoms with Crippen LogP contribution in [0.1, 0.15) is 33.6 Å². The van der Waals surface area contributed by atoms with Crippen molar-refractivity contribution in [1.29, 1.82) is 0 Å². The lowest BCUT2D eigenvalue weighted by molar-refractivity contribution is -0.116. The van der Waals surface area contributed by atoms with E-state index in [9.17, 15) is 4.79 Å². The Morgan fingerprint density at radius 2 is 1.55 bits per heavy atom. The number of nitrogens with one attached hydrogen (secondary N) is 1. The zero-order valence-corrected chi connectivity index (χ0v) is 12.9. The van der Waals surface area contributed by atoms with E-state index >= 15 is 0 Å². The van der Waals surface area contributed by atoms with Gasteiger partial charge in [-0.25, -0.2) is 0 Å². The first-order chi connectivity index (χ1) is 9.66. The summed E-state index contributed by atoms with van der Waals surface area (Å²) in [5, 5.41) is 2.83. The van der Waals surface area contributed by atoms with E-state index in [1.807, 2.05) is 43.4 Å². The van der Waals surface area contributed by atoms with Gasteiger partial charge in [-0.15, -0.1) is 0 Å². The number of unbranched alkanes of at least 4 members (excludes halogenated alkanes) is 1. The van der Waals surface area contributed by atoms with Crippen molar-refractivity contribution >= 4 is 5.91 Å². The van der Waals surface area contributed by atoms with Crippen LogP contribution in [0.4, 0.5) is 0 Å². The molecule has 0 unspecified atom stereocenters. The van der Waals surface area contributed by atoms with Crippen LogP contribution in [0.15, 0.2) is 60.8 Å². The summed E-state index contributed by atoms with van der Waals surface area (Å²) in [5.41, 5.74) is 0. The number of carbonyl (C=O) groups is 1. The zero-order valence-electron chi connectivity index (χ0n) is 12.9. The second kappa shape index (κ2) is 13.6. The molecule has 0 aliphatic heterocycles. The second-order valence-corrected chi connectivity index (χ2v) is 4.84. The maximum Gasteiger partial charge on any atom is 0.243 e. The van der Waals surface area contributed by atoms with E-state index in [4.69, 9.17) is 0 Å². The van der Waals surface area contributed by atoms with Crippen LogP contribution in [0.25, 0.3) is 0 Å². The summed E-state index contributed by atoms with van der Waals surface area (Å²) in [7, 11) is 0. The molecule has 0 saturated carbocycles. The number of rotatable bonds is 9. The molecule has 0 aromatic rings. The van der Waals surface area contributed by atoms with Crippen LogP contribution in [0.2, 0.25) is 0 Å². The normalized spacial score (nSPS) is 13.0. The number of hydrogen-bond acceptors (Lipinski definition) is 1. The lowest BCUT2D eigenvalue weighted by atomic mass is 10.2. The van der Waals surface area contributed by atoms with Crippen LogP contribution < -0.4 is 5.32 Å². The van der Waals surface area contributed by atoms with Crippen molar-refractivity contribution in [2.45, 2.75) is 33.6 Å². The van der Waals surface area contributed by atoms with E-state index in [2.05, 4.69) is 31.3 Å². The molecular weight excluding hydrogens is 246 g/mol. The molecule has 110 valence electrons. The lowest BCUT2D eigenvalue weighted by Gasteiger charge is -2.03. The summed E-state index contributed by atoms with van der Waals surface area (Å²) in [5.74, 6) is 0.453. The van der Waals surface area contributed by atoms with E-state index in [0.29, 0.717) is 5.92 Å². The Hall–Kier alpha value is -1.83. The Kier molecular flexibility index (Phi) is 12.4. The van der Waals surface area contributed by atoms with E-state index < -0.39 is 0 Å². The maximum atomic E-state index is 11.4. The highest BCUT2D eigenvalue weighted by Gasteiger charge is 1.95. The van der Waals surface area contributed by atoms with Crippen LogP contribution in [0.5, 0.6) is 0 Å². The van der Waals surface area contributed by atoms with Gasteiger partial charge in [-0.3, -0.25) is 4.79 Å². The highest BCUT2D eigenvalue weighted by atomic mass is 16.1. The largest absolute Gasteiger partial charge is 0.352 e. The molecule has 1 amide bonds. The van der Waals surface area contributed by atoms with Crippen molar-refractivity contribution in [3.8, 4) is 0 Å². The molecule has 0 saturated heterocycles. The average molecular weight is 273 g/mol. The van der Waals surface area contributed by atoms with Gasteiger partial charge < -0.3 is 5.32 Å². The van der Waals surface area contributed by atoms with Crippen molar-refractivity contribution < 1.29 is 4.79 Å². The molecule has 0 atom stereocenters. The minimum absolute atomic E-state index is 0.0302. The highest BCUT2D eigenvalue weighted by Crippen LogP contribution is 1.94. The quantitative estimate of drug-likeness (QED) is 0.378. The van der Waals surface area contributed by atoms with Gasteiger partial charge in [0.15, 0.2) is 0 Å². The number of allylic oxidation sites excluding steroid dienone is 9. The zero-order chi connectivity index (χ0) is 15.1. The smallest absolute Gasteiger partial charge is 0.243 e. The number of carbonyl (C=O) groups excluding carboxylic acids is 1. The highest BCUT2D eigenvalue weighted by molar-refractivity contribution is 5.87. The molecule has 0 aromatic heterocycles. The Morgan fingerprint density at radius 1 is 0.950 bits per heavy atom. The summed E-state index contributed by atoms with van der Waals surface area (Å²) in [6.45, 7) is 6.87. The Labute approximate surface area is 123 Å². The Morgan fingerprint density at radius 3 is 2.15 bits per heavy atom. The SMILES string of the molecule is C/C=C/C=C\C=C/CC/C=C/C=C/C(=O)NCC(C)C. The molecule has 20 heavy (non-hydrogen) atoms. The van der Waals surface area contributed by atoms with Crippen molar-refractivity contribution in [1.82, 2.24) is 5.32 Å². The molecule has 0 bridgehead atoms. The van der Waals surface area contributed by atoms with Crippen molar-refractivity contribution in [3.63, 3.8) is 0 Å². The van der Waals surface area contributed by atoms with E-state index in [1.54, 1.807) is 12.2 Å². The molecule has 0 aliphatic rings. The van der Waals surface area contributed by atoms with E-state index in [-0.39, 0.29) is 5.91 Å². The van der Waals surface area contributed by atoms with Gasteiger partial charge in [0.05, 0.1) is 0 Å². The standard InChI is InChI=1S/C18H27NO/c1-4-5-6-7-8-9-10-11-12-13-14-15-18(20)19-16-17(2)3/h4-9,12-15,17H,10-11,16H2,1-3H3,(H,19,20)/b5-4+,7-6-,9-8-,13-12+,15-14+. The van der Waals surface area contributed by atoms with Gasteiger partial charge in [0.1, 0.15) is 0 Å². The maximum absolute atomic E-state index is 11.4. The van der Waals surface area contributed by atoms with Crippen molar-refractivity contribution in [2.75, 3.05) is 6.54 Å². The first kappa shape index (κ1) is 18.2. The Balaban J connectivity index is 3.68. The van der Waals surface area contributed by atoms with Crippen LogP contribution in [0.3, 0.4) is 0 Å². The van der Waals surface area contributed by atoms with Gasteiger partial charge in [-0.1, -0.05) is 68.5 Å². The minimum Gasteiger partial charge on any atom is -0.352 e. The van der Waals surface area contributed by atoms with Crippen LogP contribution in [-0.4, -0.2) is 12.5 Å². The monoisotopic (exact) mass is 273 g/mol. The summed E-state index contributed by atoms with van der Waals surface area (Å²) in [4.78, 5) is 11.4. The van der Waals surface area contributed by atoms with E-state index in [0.717, 1.165) is 19.4 Å². The Bertz CT molecular complexity index is 384. The molecule has 0 heterocycles. The fourth-order valence-corrected chi connectivity index (χ4v) is 1.29. The minimum atomic E-state index is -0.0302. The van der Waals surface area contributed by atoms with Crippen molar-refractivity contribution in [2.24, 2.45) is 5.92 Å². The third kappa shape index (κ3) is 14.2. The summed E-state index contributed by atoms with van der Waals surface area (Å²) in [6.07, 6.45) is 21.5. The average Bonchev–Trinajstić information content (AvgIpc) is 2.42. The molecule has 0 spiro atoms. The van der Waals surface area contributed by atoms with Gasteiger partial charge in [0.2, 0.25) is 5.91 Å². The molecule has 2 nitrogen and oxygen atoms in total. The van der Waals surface area contributed by atoms with Gasteiger partial charge in [0, 0.05) is 12.6 Å². The summed E-state index contributed by atoms with van der Waals surface area (Å²) in [6, 6.07) is 0. The third-order valence-corrected chi connectivity index (χ3v) is 2.34. The fraction of sp³-hybridized carbons (Fsp3) is 0.389. The first-order valence-corrected chi connectivity index (χ1v) is 7.22. The molecule has 0 radical (unpaired) electrons. The number of hydrogen-bond donors (Lipinski definition) is 1. The summed E-state index contributed by atoms with van der Waals surface area (Å²) >= 11 is 0. The number of amides is 1. The van der Waals surface area contributed by atoms with Gasteiger partial charge in [0.25, 0.3) is 0 Å². The predicted octanol–water partition coefficient (Wildman–Crippen LogP) is 4.34. The van der Waals surface area contributed by atoms with Gasteiger partial charge >= 0.3 is 0 Å². The van der Waals surface area contributed by atoms with Crippen molar-refractivity contribution in [3.05, 3.63) is 60.8 Å². The summed E-state index contributed by atoms with van der Waals surface area (Å²) < 4.78 is 0. The molecule has 0 rings (SSSR count). The molecular formula is C18H27NO. The topological polar surface area (TPSA) is 29.1 Å². The molecule has 0 aliphatic carbocycles. The molecule has 0 aromatic carbocycles. The van der Waals surface area contributed by atoms with Crippen LogP contribution in [-0.2, 0) is 4.79 Å².